The van der Waals surface area contributed by atoms with E-state index in [4.69, 9.17) is 0 Å². The third kappa shape index (κ3) is 5.73. The van der Waals surface area contributed by atoms with Gasteiger partial charge >= 0.3 is 6.18 Å². The molecule has 0 bridgehead atoms. The van der Waals surface area contributed by atoms with Crippen LogP contribution in [0.25, 0.3) is 0 Å². The maximum absolute atomic E-state index is 12.8. The zero-order valence-electron chi connectivity index (χ0n) is 14.8. The highest BCUT2D eigenvalue weighted by Crippen LogP contribution is 2.32. The lowest BCUT2D eigenvalue weighted by molar-refractivity contribution is -0.137. The topological polar surface area (TPSA) is 42.0 Å². The Morgan fingerprint density at radius 1 is 1.11 bits per heavy atom. The van der Waals surface area contributed by atoms with E-state index in [1.807, 2.05) is 0 Å². The number of benzene rings is 1. The first-order valence-electron chi connectivity index (χ1n) is 8.99. The van der Waals surface area contributed by atoms with Gasteiger partial charge in [-0.1, -0.05) is 31.4 Å². The number of halogens is 3. The average Bonchev–Trinajstić information content (AvgIpc) is 2.67. The van der Waals surface area contributed by atoms with Crippen LogP contribution >= 0.6 is 11.8 Å². The van der Waals surface area contributed by atoms with Crippen LogP contribution in [0.4, 0.5) is 13.2 Å². The summed E-state index contributed by atoms with van der Waals surface area (Å²) in [5, 5.41) is 3.03. The monoisotopic (exact) mass is 394 g/mol. The predicted molar refractivity (Wildman–Crippen MR) is 99.6 cm³/mol. The molecule has 0 spiro atoms. The molecule has 1 aliphatic rings. The highest BCUT2D eigenvalue weighted by atomic mass is 32.2. The lowest BCUT2D eigenvalue weighted by Crippen LogP contribution is -2.36. The van der Waals surface area contributed by atoms with Crippen molar-refractivity contribution in [2.45, 2.75) is 55.0 Å². The maximum atomic E-state index is 12.8. The van der Waals surface area contributed by atoms with Gasteiger partial charge in [-0.2, -0.15) is 13.2 Å². The Morgan fingerprint density at radius 2 is 1.85 bits per heavy atom. The number of rotatable bonds is 5. The molecule has 1 saturated carbocycles. The number of amides is 1. The summed E-state index contributed by atoms with van der Waals surface area (Å²) in [6.07, 6.45) is 1.12. The van der Waals surface area contributed by atoms with Crippen molar-refractivity contribution in [3.05, 3.63) is 59.4 Å². The van der Waals surface area contributed by atoms with Gasteiger partial charge in [0.25, 0.3) is 5.91 Å². The molecule has 1 aromatic heterocycles. The number of nitrogens with one attached hydrogen (secondary N) is 1. The summed E-state index contributed by atoms with van der Waals surface area (Å²) in [5.74, 6) is 0.207. The molecule has 0 atom stereocenters. The van der Waals surface area contributed by atoms with Crippen molar-refractivity contribution in [3.8, 4) is 0 Å². The molecule has 1 heterocycles. The molecule has 0 radical (unpaired) electrons. The summed E-state index contributed by atoms with van der Waals surface area (Å²) in [7, 11) is 0. The van der Waals surface area contributed by atoms with Crippen molar-refractivity contribution < 1.29 is 18.0 Å². The number of pyridine rings is 1. The van der Waals surface area contributed by atoms with E-state index in [1.165, 1.54) is 24.2 Å². The van der Waals surface area contributed by atoms with Crippen LogP contribution in [0.5, 0.6) is 0 Å². The largest absolute Gasteiger partial charge is 0.416 e. The van der Waals surface area contributed by atoms with Crippen LogP contribution in [0.2, 0.25) is 0 Å². The van der Waals surface area contributed by atoms with Gasteiger partial charge in [0.15, 0.2) is 0 Å². The molecule has 1 N–H and O–H groups in total. The molecule has 2 aromatic rings. The first-order chi connectivity index (χ1) is 12.9. The van der Waals surface area contributed by atoms with Crippen molar-refractivity contribution in [2.24, 2.45) is 0 Å². The molecule has 3 nitrogen and oxygen atoms in total. The van der Waals surface area contributed by atoms with Crippen LogP contribution in [0.1, 0.15) is 53.8 Å². The van der Waals surface area contributed by atoms with E-state index in [0.717, 1.165) is 37.8 Å². The Balaban J connectivity index is 1.61. The summed E-state index contributed by atoms with van der Waals surface area (Å²) in [6, 6.07) is 10.6. The molecule has 7 heteroatoms. The fourth-order valence-corrected chi connectivity index (χ4v) is 3.97. The van der Waals surface area contributed by atoms with Crippen molar-refractivity contribution in [3.63, 3.8) is 0 Å². The number of carbonyl (C=O) groups excluding carboxylic acids is 1. The van der Waals surface area contributed by atoms with Crippen molar-refractivity contribution in [2.75, 3.05) is 0 Å². The number of carbonyl (C=O) groups is 1. The Kier molecular flexibility index (Phi) is 6.42. The smallest absolute Gasteiger partial charge is 0.348 e. The summed E-state index contributed by atoms with van der Waals surface area (Å²) >= 11 is 1.27. The van der Waals surface area contributed by atoms with Crippen LogP contribution in [0.15, 0.2) is 47.4 Å². The third-order valence-corrected chi connectivity index (χ3v) is 5.56. The van der Waals surface area contributed by atoms with Gasteiger partial charge in [0.2, 0.25) is 0 Å². The van der Waals surface area contributed by atoms with E-state index in [0.29, 0.717) is 22.0 Å². The van der Waals surface area contributed by atoms with Gasteiger partial charge < -0.3 is 5.32 Å². The second kappa shape index (κ2) is 8.78. The fraction of sp³-hybridized carbons (Fsp3) is 0.400. The van der Waals surface area contributed by atoms with E-state index in [9.17, 15) is 18.0 Å². The van der Waals surface area contributed by atoms with Gasteiger partial charge in [-0.3, -0.25) is 4.79 Å². The standard InChI is InChI=1S/C20H21F3N2OS/c21-20(22,23)14-6-4-10-17(12-14)27-13-16-9-5-11-18(24-16)19(26)25-15-7-2-1-3-8-15/h4-6,9-12,15H,1-3,7-8,13H2,(H,25,26). The van der Waals surface area contributed by atoms with Gasteiger partial charge in [-0.15, -0.1) is 11.8 Å². The van der Waals surface area contributed by atoms with Gasteiger partial charge in [0.05, 0.1) is 11.3 Å². The first kappa shape index (κ1) is 19.7. The van der Waals surface area contributed by atoms with E-state index in [-0.39, 0.29) is 11.9 Å². The lowest BCUT2D eigenvalue weighted by Gasteiger charge is -2.22. The number of alkyl halides is 3. The Morgan fingerprint density at radius 3 is 2.59 bits per heavy atom. The second-order valence-electron chi connectivity index (χ2n) is 6.64. The minimum Gasteiger partial charge on any atom is -0.348 e. The van der Waals surface area contributed by atoms with Gasteiger partial charge in [0.1, 0.15) is 5.69 Å². The van der Waals surface area contributed by atoms with Crippen LogP contribution in [0.3, 0.4) is 0 Å². The van der Waals surface area contributed by atoms with E-state index >= 15 is 0 Å². The van der Waals surface area contributed by atoms with Gasteiger partial charge in [-0.25, -0.2) is 4.98 Å². The summed E-state index contributed by atoms with van der Waals surface area (Å²) < 4.78 is 38.4. The van der Waals surface area contributed by atoms with Gasteiger partial charge in [-0.05, 0) is 43.2 Å². The van der Waals surface area contributed by atoms with Crippen molar-refractivity contribution in [1.82, 2.24) is 10.3 Å². The lowest BCUT2D eigenvalue weighted by atomic mass is 9.95. The molecule has 144 valence electrons. The molecule has 1 aromatic carbocycles. The van der Waals surface area contributed by atoms with Gasteiger partial charge in [0, 0.05) is 16.7 Å². The summed E-state index contributed by atoms with van der Waals surface area (Å²) in [5.41, 5.74) is 0.345. The van der Waals surface area contributed by atoms with E-state index in [2.05, 4.69) is 10.3 Å². The van der Waals surface area contributed by atoms with Crippen LogP contribution in [0, 0.1) is 0 Å². The molecule has 0 saturated heterocycles. The van der Waals surface area contributed by atoms with E-state index < -0.39 is 11.7 Å². The van der Waals surface area contributed by atoms with Crippen LogP contribution in [-0.4, -0.2) is 16.9 Å². The molecule has 3 rings (SSSR count). The number of hydrogen-bond acceptors (Lipinski definition) is 3. The highest BCUT2D eigenvalue weighted by molar-refractivity contribution is 7.98. The number of hydrogen-bond donors (Lipinski definition) is 1. The average molecular weight is 394 g/mol. The maximum Gasteiger partial charge on any atom is 0.416 e. The quantitative estimate of drug-likeness (QED) is 0.685. The highest BCUT2D eigenvalue weighted by Gasteiger charge is 2.30. The zero-order chi connectivity index (χ0) is 19.3. The second-order valence-corrected chi connectivity index (χ2v) is 7.69. The summed E-state index contributed by atoms with van der Waals surface area (Å²) in [4.78, 5) is 17.3. The molecule has 0 aliphatic heterocycles. The number of nitrogens with zero attached hydrogens (tertiary/aromatic N) is 1. The Hall–Kier alpha value is -2.02. The molecule has 0 unspecified atom stereocenters. The third-order valence-electron chi connectivity index (χ3n) is 4.53. The molecule has 1 fully saturated rings. The number of aromatic nitrogens is 1. The Bertz CT molecular complexity index is 789. The normalized spacial score (nSPS) is 15.5. The molecule has 27 heavy (non-hydrogen) atoms. The zero-order valence-corrected chi connectivity index (χ0v) is 15.6. The van der Waals surface area contributed by atoms with Crippen LogP contribution < -0.4 is 5.32 Å². The molecular weight excluding hydrogens is 373 g/mol. The minimum absolute atomic E-state index is 0.187. The minimum atomic E-state index is -4.36. The number of thioether (sulfide) groups is 1. The fourth-order valence-electron chi connectivity index (χ4n) is 3.11. The molecule has 1 amide bonds. The summed E-state index contributed by atoms with van der Waals surface area (Å²) in [6.45, 7) is 0. The van der Waals surface area contributed by atoms with Crippen LogP contribution in [-0.2, 0) is 11.9 Å². The molecular formula is C20H21F3N2OS. The molecule has 1 aliphatic carbocycles. The van der Waals surface area contributed by atoms with Crippen molar-refractivity contribution >= 4 is 17.7 Å². The Labute approximate surface area is 160 Å². The van der Waals surface area contributed by atoms with Crippen molar-refractivity contribution in [1.29, 1.82) is 0 Å². The predicted octanol–water partition coefficient (Wildman–Crippen LogP) is 5.46. The van der Waals surface area contributed by atoms with E-state index in [1.54, 1.807) is 24.3 Å². The SMILES string of the molecule is O=C(NC1CCCCC1)c1cccc(CSc2cccc(C(F)(F)F)c2)n1. The first-order valence-corrected chi connectivity index (χ1v) is 9.97.